The second kappa shape index (κ2) is 8.16. The van der Waals surface area contributed by atoms with Gasteiger partial charge in [0.15, 0.2) is 0 Å². The van der Waals surface area contributed by atoms with Crippen molar-refractivity contribution in [3.63, 3.8) is 0 Å². The van der Waals surface area contributed by atoms with Crippen molar-refractivity contribution in [2.75, 3.05) is 13.7 Å². The van der Waals surface area contributed by atoms with Gasteiger partial charge in [0.05, 0.1) is 19.6 Å². The number of ether oxygens (including phenoxy) is 1. The van der Waals surface area contributed by atoms with E-state index in [4.69, 9.17) is 4.74 Å². The monoisotopic (exact) mass is 358 g/mol. The number of carbonyl (C=O) groups excluding carboxylic acids is 2. The van der Waals surface area contributed by atoms with Crippen molar-refractivity contribution in [2.45, 2.75) is 31.2 Å². The molecule has 0 saturated heterocycles. The average molecular weight is 358 g/mol. The van der Waals surface area contributed by atoms with E-state index < -0.39 is 0 Å². The van der Waals surface area contributed by atoms with Gasteiger partial charge < -0.3 is 15.4 Å². The maximum absolute atomic E-state index is 12.7. The first-order chi connectivity index (χ1) is 12.2. The maximum Gasteiger partial charge on any atom is 0.239 e. The Balaban J connectivity index is 1.67. The number of hydrogen-bond donors (Lipinski definition) is 2. The molecule has 1 aromatic heterocycles. The van der Waals surface area contributed by atoms with Gasteiger partial charge in [0.1, 0.15) is 5.75 Å². The molecular formula is C19H22N2O3S. The van der Waals surface area contributed by atoms with E-state index in [0.29, 0.717) is 12.5 Å². The fourth-order valence-corrected chi connectivity index (χ4v) is 3.38. The highest BCUT2D eigenvalue weighted by Crippen LogP contribution is 2.25. The normalized spacial score (nSPS) is 14.6. The van der Waals surface area contributed by atoms with Gasteiger partial charge in [0.2, 0.25) is 11.8 Å². The number of hydrogen-bond acceptors (Lipinski definition) is 4. The summed E-state index contributed by atoms with van der Waals surface area (Å²) in [6, 6.07) is 11.8. The van der Waals surface area contributed by atoms with Crippen molar-refractivity contribution in [3.8, 4) is 5.75 Å². The molecule has 5 nitrogen and oxygen atoms in total. The van der Waals surface area contributed by atoms with E-state index in [9.17, 15) is 9.59 Å². The zero-order chi connectivity index (χ0) is 17.6. The maximum atomic E-state index is 12.7. The molecule has 0 radical (unpaired) electrons. The molecule has 1 saturated carbocycles. The van der Waals surface area contributed by atoms with Crippen molar-refractivity contribution in [1.29, 1.82) is 0 Å². The zero-order valence-corrected chi connectivity index (χ0v) is 15.0. The second-order valence-electron chi connectivity index (χ2n) is 6.17. The summed E-state index contributed by atoms with van der Waals surface area (Å²) in [4.78, 5) is 25.7. The minimum absolute atomic E-state index is 0.0203. The lowest BCUT2D eigenvalue weighted by Gasteiger charge is -2.17. The molecule has 132 valence electrons. The molecule has 1 aromatic carbocycles. The lowest BCUT2D eigenvalue weighted by molar-refractivity contribution is -0.127. The summed E-state index contributed by atoms with van der Waals surface area (Å²) in [5.41, 5.74) is 0.911. The predicted molar refractivity (Wildman–Crippen MR) is 97.9 cm³/mol. The Morgan fingerprint density at radius 1 is 1.24 bits per heavy atom. The Morgan fingerprint density at radius 3 is 2.60 bits per heavy atom. The lowest BCUT2D eigenvalue weighted by Crippen LogP contribution is -2.40. The van der Waals surface area contributed by atoms with Gasteiger partial charge in [-0.2, -0.15) is 0 Å². The average Bonchev–Trinajstić information content (AvgIpc) is 3.29. The molecular weight excluding hydrogens is 336 g/mol. The van der Waals surface area contributed by atoms with Crippen LogP contribution in [0, 0.1) is 0 Å². The van der Waals surface area contributed by atoms with Gasteiger partial charge in [-0.3, -0.25) is 9.59 Å². The third-order valence-electron chi connectivity index (χ3n) is 4.19. The summed E-state index contributed by atoms with van der Waals surface area (Å²) in [6.07, 6.45) is 2.68. The highest BCUT2D eigenvalue weighted by Gasteiger charge is 2.25. The Labute approximate surface area is 151 Å². The molecule has 0 aliphatic heterocycles. The number of carbonyl (C=O) groups is 2. The molecule has 1 heterocycles. The fraction of sp³-hybridized carbons (Fsp3) is 0.368. The number of methoxy groups -OCH3 is 1. The van der Waals surface area contributed by atoms with Crippen LogP contribution in [0.5, 0.6) is 5.75 Å². The van der Waals surface area contributed by atoms with Crippen molar-refractivity contribution in [2.24, 2.45) is 0 Å². The van der Waals surface area contributed by atoms with Crippen LogP contribution in [0.2, 0.25) is 0 Å². The highest BCUT2D eigenvalue weighted by molar-refractivity contribution is 7.09. The third-order valence-corrected chi connectivity index (χ3v) is 5.08. The van der Waals surface area contributed by atoms with Gasteiger partial charge in [-0.1, -0.05) is 18.2 Å². The molecule has 2 aromatic rings. The molecule has 3 rings (SSSR count). The second-order valence-corrected chi connectivity index (χ2v) is 7.20. The van der Waals surface area contributed by atoms with Crippen LogP contribution in [0.3, 0.4) is 0 Å². The summed E-state index contributed by atoms with van der Waals surface area (Å²) in [5.74, 6) is 0.158. The van der Waals surface area contributed by atoms with Gasteiger partial charge in [0, 0.05) is 10.9 Å². The van der Waals surface area contributed by atoms with Gasteiger partial charge in [-0.05, 0) is 48.4 Å². The van der Waals surface area contributed by atoms with Crippen molar-refractivity contribution >= 4 is 23.2 Å². The Bertz CT molecular complexity index is 709. The van der Waals surface area contributed by atoms with Gasteiger partial charge in [-0.15, -0.1) is 11.3 Å². The quantitative estimate of drug-likeness (QED) is 0.762. The summed E-state index contributed by atoms with van der Waals surface area (Å²) in [5, 5.41) is 7.66. The fourth-order valence-electron chi connectivity index (χ4n) is 2.63. The molecule has 1 fully saturated rings. The highest BCUT2D eigenvalue weighted by atomic mass is 32.1. The number of thiophene rings is 1. The minimum atomic E-state index is -0.335. The molecule has 1 aliphatic carbocycles. The Morgan fingerprint density at radius 2 is 2.00 bits per heavy atom. The van der Waals surface area contributed by atoms with E-state index in [-0.39, 0.29) is 24.3 Å². The van der Waals surface area contributed by atoms with Crippen LogP contribution in [0.25, 0.3) is 0 Å². The van der Waals surface area contributed by atoms with E-state index in [1.165, 1.54) is 0 Å². The predicted octanol–water partition coefficient (Wildman–Crippen LogP) is 2.48. The molecule has 2 amide bonds. The number of nitrogens with one attached hydrogen (secondary N) is 2. The van der Waals surface area contributed by atoms with E-state index in [1.54, 1.807) is 18.4 Å². The summed E-state index contributed by atoms with van der Waals surface area (Å²) < 4.78 is 5.19. The number of benzene rings is 1. The molecule has 1 aliphatic rings. The van der Waals surface area contributed by atoms with E-state index in [2.05, 4.69) is 10.6 Å². The largest absolute Gasteiger partial charge is 0.497 e. The third kappa shape index (κ3) is 5.06. The van der Waals surface area contributed by atoms with Crippen molar-refractivity contribution in [1.82, 2.24) is 10.6 Å². The Kier molecular flexibility index (Phi) is 5.71. The van der Waals surface area contributed by atoms with E-state index >= 15 is 0 Å². The van der Waals surface area contributed by atoms with Gasteiger partial charge in [-0.25, -0.2) is 0 Å². The standard InChI is InChI=1S/C19H22N2O3S/c1-24-15-8-4-13(5-9-15)17(11-16-3-2-10-25-16)19(23)20-12-18(22)21-14-6-7-14/h2-5,8-10,14,17H,6-7,11-12H2,1H3,(H,20,23)(H,21,22). The zero-order valence-electron chi connectivity index (χ0n) is 14.2. The molecule has 2 N–H and O–H groups in total. The topological polar surface area (TPSA) is 67.4 Å². The summed E-state index contributed by atoms with van der Waals surface area (Å²) in [7, 11) is 1.61. The SMILES string of the molecule is COc1ccc(C(Cc2cccs2)C(=O)NCC(=O)NC2CC2)cc1. The van der Waals surface area contributed by atoms with Crippen LogP contribution < -0.4 is 15.4 Å². The molecule has 0 bridgehead atoms. The van der Waals surface area contributed by atoms with Crippen molar-refractivity contribution < 1.29 is 14.3 Å². The summed E-state index contributed by atoms with van der Waals surface area (Å²) >= 11 is 1.63. The summed E-state index contributed by atoms with van der Waals surface area (Å²) in [6.45, 7) is 0.0203. The molecule has 0 spiro atoms. The molecule has 1 atom stereocenters. The first-order valence-electron chi connectivity index (χ1n) is 8.39. The first kappa shape index (κ1) is 17.5. The van der Waals surface area contributed by atoms with Gasteiger partial charge >= 0.3 is 0 Å². The molecule has 1 unspecified atom stereocenters. The van der Waals surface area contributed by atoms with Crippen LogP contribution in [0.15, 0.2) is 41.8 Å². The Hall–Kier alpha value is -2.34. The first-order valence-corrected chi connectivity index (χ1v) is 9.27. The van der Waals surface area contributed by atoms with Crippen molar-refractivity contribution in [3.05, 3.63) is 52.2 Å². The van der Waals surface area contributed by atoms with Crippen LogP contribution >= 0.6 is 11.3 Å². The molecule has 25 heavy (non-hydrogen) atoms. The van der Waals surface area contributed by atoms with Crippen LogP contribution in [-0.2, 0) is 16.0 Å². The van der Waals surface area contributed by atoms with Crippen LogP contribution in [-0.4, -0.2) is 31.5 Å². The van der Waals surface area contributed by atoms with Crippen LogP contribution in [0.4, 0.5) is 0 Å². The minimum Gasteiger partial charge on any atom is -0.497 e. The van der Waals surface area contributed by atoms with Crippen LogP contribution in [0.1, 0.15) is 29.2 Å². The van der Waals surface area contributed by atoms with E-state index in [0.717, 1.165) is 29.0 Å². The number of amides is 2. The smallest absolute Gasteiger partial charge is 0.239 e. The van der Waals surface area contributed by atoms with E-state index in [1.807, 2.05) is 41.8 Å². The number of rotatable bonds is 8. The van der Waals surface area contributed by atoms with Gasteiger partial charge in [0.25, 0.3) is 0 Å². The lowest BCUT2D eigenvalue weighted by atomic mass is 9.94. The molecule has 6 heteroatoms.